The van der Waals surface area contributed by atoms with Crippen LogP contribution in [0.3, 0.4) is 0 Å². The molecule has 0 aromatic carbocycles. The zero-order chi connectivity index (χ0) is 14.3. The minimum Gasteiger partial charge on any atom is -0.469 e. The molecule has 1 unspecified atom stereocenters. The maximum absolute atomic E-state index is 12.0. The third-order valence-corrected chi connectivity index (χ3v) is 3.49. The molecule has 18 heavy (non-hydrogen) atoms. The van der Waals surface area contributed by atoms with E-state index in [1.807, 2.05) is 0 Å². The molecule has 0 radical (unpaired) electrons. The third kappa shape index (κ3) is 6.62. The quantitative estimate of drug-likeness (QED) is 0.687. The van der Waals surface area contributed by atoms with E-state index < -0.39 is 0 Å². The second-order valence-electron chi connectivity index (χ2n) is 5.97. The Morgan fingerprint density at radius 3 is 2.28 bits per heavy atom. The normalized spacial score (nSPS) is 13.0. The third-order valence-electron chi connectivity index (χ3n) is 3.49. The molecular weight excluding hydrogens is 230 g/mol. The number of hydrogen-bond donors (Lipinski definition) is 0. The van der Waals surface area contributed by atoms with Gasteiger partial charge in [-0.25, -0.2) is 0 Å². The minimum atomic E-state index is -0.223. The van der Waals surface area contributed by atoms with E-state index in [4.69, 9.17) is 0 Å². The smallest absolute Gasteiger partial charge is 0.305 e. The van der Waals surface area contributed by atoms with Gasteiger partial charge < -0.3 is 9.64 Å². The van der Waals surface area contributed by atoms with Gasteiger partial charge in [-0.15, -0.1) is 0 Å². The molecule has 1 atom stereocenters. The van der Waals surface area contributed by atoms with E-state index in [-0.39, 0.29) is 17.3 Å². The highest BCUT2D eigenvalue weighted by molar-refractivity contribution is 5.76. The average molecular weight is 257 g/mol. The summed E-state index contributed by atoms with van der Waals surface area (Å²) in [5, 5.41) is 0. The molecule has 4 nitrogen and oxygen atoms in total. The molecule has 0 aromatic heterocycles. The number of amides is 1. The Hall–Kier alpha value is -1.06. The molecule has 0 N–H and O–H groups in total. The predicted octanol–water partition coefficient (Wildman–Crippen LogP) is 2.47. The molecule has 0 bridgehead atoms. The maximum atomic E-state index is 12.0. The van der Waals surface area contributed by atoms with Gasteiger partial charge in [0, 0.05) is 26.4 Å². The Balaban J connectivity index is 4.01. The van der Waals surface area contributed by atoms with Crippen molar-refractivity contribution in [2.45, 2.75) is 47.0 Å². The zero-order valence-corrected chi connectivity index (χ0v) is 12.6. The molecule has 0 heterocycles. The largest absolute Gasteiger partial charge is 0.469 e. The lowest BCUT2D eigenvalue weighted by Gasteiger charge is -2.28. The fraction of sp³-hybridized carbons (Fsp3) is 0.857. The van der Waals surface area contributed by atoms with Crippen molar-refractivity contribution in [2.24, 2.45) is 11.3 Å². The first kappa shape index (κ1) is 16.9. The van der Waals surface area contributed by atoms with Crippen LogP contribution in [0.15, 0.2) is 0 Å². The van der Waals surface area contributed by atoms with Gasteiger partial charge in [0.25, 0.3) is 0 Å². The van der Waals surface area contributed by atoms with Crippen LogP contribution in [0.1, 0.15) is 47.0 Å². The highest BCUT2D eigenvalue weighted by Crippen LogP contribution is 2.28. The second kappa shape index (κ2) is 7.39. The maximum Gasteiger partial charge on any atom is 0.305 e. The van der Waals surface area contributed by atoms with Crippen molar-refractivity contribution in [2.75, 3.05) is 20.7 Å². The predicted molar refractivity (Wildman–Crippen MR) is 72.1 cm³/mol. The molecule has 0 saturated carbocycles. The van der Waals surface area contributed by atoms with Gasteiger partial charge in [-0.3, -0.25) is 9.59 Å². The Morgan fingerprint density at radius 1 is 1.28 bits per heavy atom. The molecule has 0 spiro atoms. The van der Waals surface area contributed by atoms with Gasteiger partial charge in [-0.05, 0) is 17.8 Å². The van der Waals surface area contributed by atoms with Crippen LogP contribution in [0.2, 0.25) is 0 Å². The Labute approximate surface area is 111 Å². The van der Waals surface area contributed by atoms with Crippen LogP contribution in [0, 0.1) is 11.3 Å². The number of ether oxygens (including phenoxy) is 1. The summed E-state index contributed by atoms with van der Waals surface area (Å²) in [6.45, 7) is 9.12. The van der Waals surface area contributed by atoms with Crippen LogP contribution in [-0.2, 0) is 14.3 Å². The van der Waals surface area contributed by atoms with E-state index in [9.17, 15) is 9.59 Å². The number of rotatable bonds is 6. The van der Waals surface area contributed by atoms with Crippen LogP contribution in [0.5, 0.6) is 0 Å². The SMILES string of the molecule is COC(=O)CCCN(C)C(=O)CC(C)C(C)(C)C. The van der Waals surface area contributed by atoms with Gasteiger partial charge >= 0.3 is 5.97 Å². The van der Waals surface area contributed by atoms with E-state index in [1.54, 1.807) is 11.9 Å². The van der Waals surface area contributed by atoms with E-state index >= 15 is 0 Å². The van der Waals surface area contributed by atoms with Gasteiger partial charge in [0.2, 0.25) is 5.91 Å². The monoisotopic (exact) mass is 257 g/mol. The Bertz CT molecular complexity index is 281. The highest BCUT2D eigenvalue weighted by atomic mass is 16.5. The number of carbonyl (C=O) groups is 2. The molecule has 1 amide bonds. The van der Waals surface area contributed by atoms with Crippen molar-refractivity contribution >= 4 is 11.9 Å². The molecule has 106 valence electrons. The van der Waals surface area contributed by atoms with Gasteiger partial charge in [-0.1, -0.05) is 27.7 Å². The van der Waals surface area contributed by atoms with Crippen LogP contribution in [0.4, 0.5) is 0 Å². The molecule has 0 aliphatic heterocycles. The van der Waals surface area contributed by atoms with Crippen LogP contribution >= 0.6 is 0 Å². The first-order valence-electron chi connectivity index (χ1n) is 6.49. The van der Waals surface area contributed by atoms with Gasteiger partial charge in [0.1, 0.15) is 0 Å². The second-order valence-corrected chi connectivity index (χ2v) is 5.97. The number of methoxy groups -OCH3 is 1. The van der Waals surface area contributed by atoms with E-state index in [2.05, 4.69) is 32.4 Å². The number of hydrogen-bond acceptors (Lipinski definition) is 3. The Kier molecular flexibility index (Phi) is 6.96. The lowest BCUT2D eigenvalue weighted by molar-refractivity contribution is -0.141. The minimum absolute atomic E-state index is 0.141. The van der Waals surface area contributed by atoms with Gasteiger partial charge in [-0.2, -0.15) is 0 Å². The molecule has 0 aliphatic rings. The van der Waals surface area contributed by atoms with E-state index in [0.29, 0.717) is 31.7 Å². The molecule has 0 aliphatic carbocycles. The summed E-state index contributed by atoms with van der Waals surface area (Å²) in [6.07, 6.45) is 1.57. The first-order valence-corrected chi connectivity index (χ1v) is 6.49. The average Bonchev–Trinajstić information content (AvgIpc) is 2.27. The summed E-state index contributed by atoms with van der Waals surface area (Å²) in [5.41, 5.74) is 0.141. The summed E-state index contributed by atoms with van der Waals surface area (Å²) in [6, 6.07) is 0. The van der Waals surface area contributed by atoms with Crippen molar-refractivity contribution in [1.82, 2.24) is 4.90 Å². The van der Waals surface area contributed by atoms with Crippen molar-refractivity contribution in [3.63, 3.8) is 0 Å². The molecule has 4 heteroatoms. The molecule has 0 rings (SSSR count). The number of nitrogens with zero attached hydrogens (tertiary/aromatic N) is 1. The van der Waals surface area contributed by atoms with Crippen molar-refractivity contribution < 1.29 is 14.3 Å². The van der Waals surface area contributed by atoms with Gasteiger partial charge in [0.05, 0.1) is 7.11 Å². The highest BCUT2D eigenvalue weighted by Gasteiger charge is 2.23. The molecule has 0 aromatic rings. The van der Waals surface area contributed by atoms with Gasteiger partial charge in [0.15, 0.2) is 0 Å². The fourth-order valence-corrected chi connectivity index (χ4v) is 1.41. The van der Waals surface area contributed by atoms with E-state index in [1.165, 1.54) is 7.11 Å². The zero-order valence-electron chi connectivity index (χ0n) is 12.6. The topological polar surface area (TPSA) is 46.6 Å². The number of esters is 1. The lowest BCUT2D eigenvalue weighted by atomic mass is 9.80. The van der Waals surface area contributed by atoms with E-state index in [0.717, 1.165) is 0 Å². The van der Waals surface area contributed by atoms with Crippen LogP contribution in [-0.4, -0.2) is 37.5 Å². The molecular formula is C14H27NO3. The van der Waals surface area contributed by atoms with Crippen molar-refractivity contribution in [3.05, 3.63) is 0 Å². The molecule has 0 fully saturated rings. The summed E-state index contributed by atoms with van der Waals surface area (Å²) in [5.74, 6) is 0.259. The Morgan fingerprint density at radius 2 is 1.83 bits per heavy atom. The molecule has 0 saturated heterocycles. The van der Waals surface area contributed by atoms with Crippen molar-refractivity contribution in [3.8, 4) is 0 Å². The summed E-state index contributed by atoms with van der Waals surface area (Å²) in [7, 11) is 3.16. The van der Waals surface area contributed by atoms with Crippen molar-refractivity contribution in [1.29, 1.82) is 0 Å². The fourth-order valence-electron chi connectivity index (χ4n) is 1.41. The summed E-state index contributed by atoms with van der Waals surface area (Å²) in [4.78, 5) is 24.6. The van der Waals surface area contributed by atoms with Crippen LogP contribution in [0.25, 0.3) is 0 Å². The number of carbonyl (C=O) groups excluding carboxylic acids is 2. The lowest BCUT2D eigenvalue weighted by Crippen LogP contribution is -2.32. The summed E-state index contributed by atoms with van der Waals surface area (Å²) >= 11 is 0. The van der Waals surface area contributed by atoms with Crippen LogP contribution < -0.4 is 0 Å². The standard InChI is InChI=1S/C14H27NO3/c1-11(14(2,3)4)10-12(16)15(5)9-7-8-13(17)18-6/h11H,7-10H2,1-6H3. The first-order chi connectivity index (χ1) is 8.18. The summed E-state index contributed by atoms with van der Waals surface area (Å²) < 4.78 is 4.56.